The van der Waals surface area contributed by atoms with Gasteiger partial charge in [-0.2, -0.15) is 0 Å². The van der Waals surface area contributed by atoms with E-state index in [-0.39, 0.29) is 13.0 Å². The van der Waals surface area contributed by atoms with Crippen LogP contribution in [0.3, 0.4) is 0 Å². The Hall–Kier alpha value is -1.71. The second-order valence-electron chi connectivity index (χ2n) is 4.53. The summed E-state index contributed by atoms with van der Waals surface area (Å²) in [4.78, 5) is 12.7. The first kappa shape index (κ1) is 12.7. The van der Waals surface area contributed by atoms with Gasteiger partial charge in [-0.3, -0.25) is 4.79 Å². The lowest BCUT2D eigenvalue weighted by atomic mass is 10.1. The van der Waals surface area contributed by atoms with Gasteiger partial charge in [0.2, 0.25) is 0 Å². The van der Waals surface area contributed by atoms with Crippen LogP contribution >= 0.6 is 0 Å². The zero-order chi connectivity index (χ0) is 12.8. The number of carbonyl (C=O) groups is 1. The number of anilines is 1. The number of nitrogens with zero attached hydrogens (tertiary/aromatic N) is 1. The average Bonchev–Trinajstić information content (AvgIpc) is 2.40. The van der Waals surface area contributed by atoms with Gasteiger partial charge >= 0.3 is 5.97 Å². The highest BCUT2D eigenvalue weighted by Crippen LogP contribution is 2.22. The number of piperidine rings is 1. The summed E-state index contributed by atoms with van der Waals surface area (Å²) in [6, 6.07) is 7.90. The molecule has 0 radical (unpaired) electrons. The number of aliphatic carboxylic acids is 1. The molecule has 0 aliphatic carbocycles. The van der Waals surface area contributed by atoms with Crippen molar-refractivity contribution in [3.8, 4) is 5.75 Å². The summed E-state index contributed by atoms with van der Waals surface area (Å²) in [5.74, 6) is -0.100. The maximum absolute atomic E-state index is 10.4. The first-order chi connectivity index (χ1) is 8.75. The van der Waals surface area contributed by atoms with E-state index in [9.17, 15) is 4.79 Å². The van der Waals surface area contributed by atoms with Crippen LogP contribution in [-0.4, -0.2) is 30.8 Å². The Morgan fingerprint density at radius 2 is 1.83 bits per heavy atom. The molecule has 0 unspecified atom stereocenters. The second kappa shape index (κ2) is 6.28. The van der Waals surface area contributed by atoms with Crippen molar-refractivity contribution < 1.29 is 14.6 Å². The molecule has 1 aromatic rings. The predicted molar refractivity (Wildman–Crippen MR) is 70.3 cm³/mol. The molecule has 1 aromatic carbocycles. The van der Waals surface area contributed by atoms with Crippen molar-refractivity contribution in [1.29, 1.82) is 0 Å². The Morgan fingerprint density at radius 1 is 1.17 bits per heavy atom. The maximum Gasteiger partial charge on any atom is 0.306 e. The number of ether oxygens (including phenoxy) is 1. The molecule has 18 heavy (non-hydrogen) atoms. The van der Waals surface area contributed by atoms with Crippen LogP contribution in [0.4, 0.5) is 5.69 Å². The lowest BCUT2D eigenvalue weighted by Crippen LogP contribution is -2.29. The van der Waals surface area contributed by atoms with Crippen LogP contribution in [-0.2, 0) is 4.79 Å². The van der Waals surface area contributed by atoms with E-state index in [4.69, 9.17) is 9.84 Å². The molecular formula is C14H19NO3. The third-order valence-electron chi connectivity index (χ3n) is 3.14. The molecule has 1 fully saturated rings. The van der Waals surface area contributed by atoms with E-state index in [1.54, 1.807) is 0 Å². The molecule has 0 saturated carbocycles. The third-order valence-corrected chi connectivity index (χ3v) is 3.14. The summed E-state index contributed by atoms with van der Waals surface area (Å²) in [6.45, 7) is 2.47. The smallest absolute Gasteiger partial charge is 0.306 e. The van der Waals surface area contributed by atoms with Gasteiger partial charge in [0.05, 0.1) is 13.0 Å². The molecule has 98 valence electrons. The minimum absolute atomic E-state index is 0.0356. The highest BCUT2D eigenvalue weighted by atomic mass is 16.5. The topological polar surface area (TPSA) is 49.8 Å². The number of carboxylic acid groups (broad SMARTS) is 1. The minimum Gasteiger partial charge on any atom is -0.493 e. The quantitative estimate of drug-likeness (QED) is 0.871. The summed E-state index contributed by atoms with van der Waals surface area (Å²) < 4.78 is 5.36. The molecule has 0 amide bonds. The van der Waals surface area contributed by atoms with E-state index in [1.807, 2.05) is 24.3 Å². The lowest BCUT2D eigenvalue weighted by Gasteiger charge is -2.28. The zero-order valence-corrected chi connectivity index (χ0v) is 10.5. The zero-order valence-electron chi connectivity index (χ0n) is 10.5. The molecular weight excluding hydrogens is 230 g/mol. The summed E-state index contributed by atoms with van der Waals surface area (Å²) in [5.41, 5.74) is 1.22. The molecule has 2 rings (SSSR count). The Labute approximate surface area is 107 Å². The van der Waals surface area contributed by atoms with Gasteiger partial charge in [-0.15, -0.1) is 0 Å². The van der Waals surface area contributed by atoms with Crippen molar-refractivity contribution in [3.05, 3.63) is 24.3 Å². The van der Waals surface area contributed by atoms with Gasteiger partial charge in [0.25, 0.3) is 0 Å². The molecule has 4 nitrogen and oxygen atoms in total. The van der Waals surface area contributed by atoms with E-state index in [0.29, 0.717) is 0 Å². The molecule has 1 heterocycles. The van der Waals surface area contributed by atoms with E-state index in [0.717, 1.165) is 18.8 Å². The third kappa shape index (κ3) is 3.65. The SMILES string of the molecule is O=C(O)CCOc1ccc(N2CCCCC2)cc1. The van der Waals surface area contributed by atoms with Gasteiger partial charge in [0.1, 0.15) is 5.75 Å². The van der Waals surface area contributed by atoms with Crippen LogP contribution in [0.15, 0.2) is 24.3 Å². The highest BCUT2D eigenvalue weighted by Gasteiger charge is 2.10. The van der Waals surface area contributed by atoms with Crippen LogP contribution in [0, 0.1) is 0 Å². The monoisotopic (exact) mass is 249 g/mol. The van der Waals surface area contributed by atoms with E-state index >= 15 is 0 Å². The number of hydrogen-bond donors (Lipinski definition) is 1. The Balaban J connectivity index is 1.86. The van der Waals surface area contributed by atoms with Gasteiger partial charge < -0.3 is 14.7 Å². The van der Waals surface area contributed by atoms with Crippen molar-refractivity contribution in [3.63, 3.8) is 0 Å². The fourth-order valence-corrected chi connectivity index (χ4v) is 2.16. The number of benzene rings is 1. The molecule has 0 bridgehead atoms. The van der Waals surface area contributed by atoms with E-state index in [1.165, 1.54) is 24.9 Å². The van der Waals surface area contributed by atoms with Crippen LogP contribution in [0.25, 0.3) is 0 Å². The van der Waals surface area contributed by atoms with Crippen LogP contribution in [0.2, 0.25) is 0 Å². The first-order valence-electron chi connectivity index (χ1n) is 6.45. The van der Waals surface area contributed by atoms with Crippen molar-refractivity contribution in [2.75, 3.05) is 24.6 Å². The molecule has 1 saturated heterocycles. The fraction of sp³-hybridized carbons (Fsp3) is 0.500. The summed E-state index contributed by atoms with van der Waals surface area (Å²) >= 11 is 0. The summed E-state index contributed by atoms with van der Waals surface area (Å²) in [6.07, 6.45) is 3.88. The van der Waals surface area contributed by atoms with Crippen LogP contribution in [0.1, 0.15) is 25.7 Å². The van der Waals surface area contributed by atoms with Crippen molar-refractivity contribution in [1.82, 2.24) is 0 Å². The Bertz CT molecular complexity index is 383. The van der Waals surface area contributed by atoms with Gasteiger partial charge in [-0.25, -0.2) is 0 Å². The first-order valence-corrected chi connectivity index (χ1v) is 6.45. The summed E-state index contributed by atoms with van der Waals surface area (Å²) in [5, 5.41) is 8.52. The number of hydrogen-bond acceptors (Lipinski definition) is 3. The molecule has 1 aliphatic rings. The van der Waals surface area contributed by atoms with Gasteiger partial charge in [-0.1, -0.05) is 0 Å². The molecule has 1 N–H and O–H groups in total. The largest absolute Gasteiger partial charge is 0.493 e. The van der Waals surface area contributed by atoms with Crippen LogP contribution < -0.4 is 9.64 Å². The van der Waals surface area contributed by atoms with Crippen molar-refractivity contribution in [2.24, 2.45) is 0 Å². The van der Waals surface area contributed by atoms with Crippen molar-refractivity contribution >= 4 is 11.7 Å². The molecule has 0 aromatic heterocycles. The van der Waals surface area contributed by atoms with Gasteiger partial charge in [-0.05, 0) is 43.5 Å². The highest BCUT2D eigenvalue weighted by molar-refractivity contribution is 5.66. The van der Waals surface area contributed by atoms with Gasteiger partial charge in [0.15, 0.2) is 0 Å². The standard InChI is InChI=1S/C14H19NO3/c16-14(17)8-11-18-13-6-4-12(5-7-13)15-9-2-1-3-10-15/h4-7H,1-3,8-11H2,(H,16,17). The number of rotatable bonds is 5. The molecule has 0 atom stereocenters. The van der Waals surface area contributed by atoms with Crippen molar-refractivity contribution in [2.45, 2.75) is 25.7 Å². The second-order valence-corrected chi connectivity index (χ2v) is 4.53. The van der Waals surface area contributed by atoms with E-state index in [2.05, 4.69) is 4.90 Å². The van der Waals surface area contributed by atoms with Crippen LogP contribution in [0.5, 0.6) is 5.75 Å². The minimum atomic E-state index is -0.833. The lowest BCUT2D eigenvalue weighted by molar-refractivity contribution is -0.137. The molecule has 0 spiro atoms. The predicted octanol–water partition coefficient (Wildman–Crippen LogP) is 2.53. The average molecular weight is 249 g/mol. The maximum atomic E-state index is 10.4. The molecule has 4 heteroatoms. The Morgan fingerprint density at radius 3 is 2.44 bits per heavy atom. The fourth-order valence-electron chi connectivity index (χ4n) is 2.16. The normalized spacial score (nSPS) is 15.4. The number of carboxylic acids is 1. The van der Waals surface area contributed by atoms with Gasteiger partial charge in [0, 0.05) is 18.8 Å². The summed E-state index contributed by atoms with van der Waals surface area (Å²) in [7, 11) is 0. The van der Waals surface area contributed by atoms with E-state index < -0.39 is 5.97 Å². The molecule has 1 aliphatic heterocycles. The Kier molecular flexibility index (Phi) is 4.45.